The van der Waals surface area contributed by atoms with Gasteiger partial charge in [-0.1, -0.05) is 40.2 Å². The zero-order chi connectivity index (χ0) is 9.97. The summed E-state index contributed by atoms with van der Waals surface area (Å²) in [6.45, 7) is 4.05. The van der Waals surface area contributed by atoms with Gasteiger partial charge >= 0.3 is 0 Å². The van der Waals surface area contributed by atoms with Crippen LogP contribution in [0.5, 0.6) is 0 Å². The van der Waals surface area contributed by atoms with E-state index in [4.69, 9.17) is 0 Å². The topological polar surface area (TPSA) is 0 Å². The van der Waals surface area contributed by atoms with E-state index >= 15 is 0 Å². The molecule has 1 aromatic carbocycles. The number of benzene rings is 1. The lowest BCUT2D eigenvalue weighted by molar-refractivity contribution is 0.518. The summed E-state index contributed by atoms with van der Waals surface area (Å²) < 4.78 is 1.17. The number of hydrogen-bond donors (Lipinski definition) is 0. The molecular formula is C13H15Br. The van der Waals surface area contributed by atoms with Crippen molar-refractivity contribution in [1.29, 1.82) is 0 Å². The smallest absolute Gasteiger partial charge is 0.0175 e. The van der Waals surface area contributed by atoms with E-state index in [1.165, 1.54) is 41.3 Å². The molecule has 1 saturated carbocycles. The molecule has 0 N–H and O–H groups in total. The Morgan fingerprint density at radius 3 is 2.21 bits per heavy atom. The van der Waals surface area contributed by atoms with Gasteiger partial charge in [0.15, 0.2) is 0 Å². The second kappa shape index (κ2) is 4.31. The molecular weight excluding hydrogens is 236 g/mol. The van der Waals surface area contributed by atoms with Crippen LogP contribution in [0.15, 0.2) is 40.9 Å². The van der Waals surface area contributed by atoms with Crippen molar-refractivity contribution < 1.29 is 0 Å². The Hall–Kier alpha value is -0.560. The molecule has 1 aliphatic rings. The van der Waals surface area contributed by atoms with Gasteiger partial charge in [-0.3, -0.25) is 0 Å². The largest absolute Gasteiger partial charge is 0.0999 e. The quantitative estimate of drug-likeness (QED) is 0.636. The molecule has 1 aliphatic carbocycles. The van der Waals surface area contributed by atoms with Crippen LogP contribution in [0.1, 0.15) is 37.2 Å². The van der Waals surface area contributed by atoms with E-state index in [-0.39, 0.29) is 0 Å². The predicted molar refractivity (Wildman–Crippen MR) is 64.5 cm³/mol. The van der Waals surface area contributed by atoms with Gasteiger partial charge in [0, 0.05) is 4.47 Å². The molecule has 0 unspecified atom stereocenters. The Morgan fingerprint density at radius 2 is 1.64 bits per heavy atom. The van der Waals surface area contributed by atoms with Crippen molar-refractivity contribution >= 4 is 15.9 Å². The van der Waals surface area contributed by atoms with Gasteiger partial charge in [-0.05, 0) is 49.3 Å². The van der Waals surface area contributed by atoms with Gasteiger partial charge in [-0.15, -0.1) is 0 Å². The maximum atomic E-state index is 4.05. The van der Waals surface area contributed by atoms with E-state index in [1.807, 2.05) is 0 Å². The minimum Gasteiger partial charge on any atom is -0.0999 e. The number of halogens is 1. The summed E-state index contributed by atoms with van der Waals surface area (Å²) in [4.78, 5) is 0. The molecule has 0 amide bonds. The van der Waals surface area contributed by atoms with Crippen molar-refractivity contribution in [3.05, 3.63) is 46.5 Å². The molecule has 0 atom stereocenters. The first-order valence-corrected chi connectivity index (χ1v) is 5.97. The second-order valence-corrected chi connectivity index (χ2v) is 4.99. The highest BCUT2D eigenvalue weighted by Crippen LogP contribution is 2.34. The molecule has 0 nitrogen and oxygen atoms in total. The molecule has 0 saturated heterocycles. The lowest BCUT2D eigenvalue weighted by Gasteiger charge is -2.23. The molecule has 0 bridgehead atoms. The fraction of sp³-hybridized carbons (Fsp3) is 0.385. The first kappa shape index (κ1) is 9.97. The Balaban J connectivity index is 2.08. The summed E-state index contributed by atoms with van der Waals surface area (Å²) in [7, 11) is 0. The Kier molecular flexibility index (Phi) is 3.07. The van der Waals surface area contributed by atoms with Gasteiger partial charge in [0.1, 0.15) is 0 Å². The van der Waals surface area contributed by atoms with Gasteiger partial charge in [-0.25, -0.2) is 0 Å². The van der Waals surface area contributed by atoms with E-state index in [0.29, 0.717) is 0 Å². The summed E-state index contributed by atoms with van der Waals surface area (Å²) in [5.41, 5.74) is 2.92. The zero-order valence-electron chi connectivity index (χ0n) is 8.30. The number of rotatable bonds is 1. The van der Waals surface area contributed by atoms with Gasteiger partial charge in [-0.2, -0.15) is 0 Å². The predicted octanol–water partition coefficient (Wildman–Crippen LogP) is 4.66. The fourth-order valence-electron chi connectivity index (χ4n) is 2.09. The summed E-state index contributed by atoms with van der Waals surface area (Å²) in [5, 5.41) is 0. The monoisotopic (exact) mass is 250 g/mol. The Labute approximate surface area is 94.2 Å². The van der Waals surface area contributed by atoms with Crippen LogP contribution in [0.3, 0.4) is 0 Å². The van der Waals surface area contributed by atoms with Crippen LogP contribution in [-0.4, -0.2) is 0 Å². The fourth-order valence-corrected chi connectivity index (χ4v) is 2.36. The molecule has 1 aromatic rings. The summed E-state index contributed by atoms with van der Waals surface area (Å²) in [5.74, 6) is 0.758. The SMILES string of the molecule is C=C1CCC(c2ccc(Br)cc2)CC1. The van der Waals surface area contributed by atoms with Crippen molar-refractivity contribution in [2.75, 3.05) is 0 Å². The van der Waals surface area contributed by atoms with Crippen LogP contribution >= 0.6 is 15.9 Å². The van der Waals surface area contributed by atoms with Crippen LogP contribution in [0.2, 0.25) is 0 Å². The summed E-state index contributed by atoms with van der Waals surface area (Å²) in [6, 6.07) is 8.75. The summed E-state index contributed by atoms with van der Waals surface area (Å²) >= 11 is 3.46. The minimum absolute atomic E-state index is 0.758. The Morgan fingerprint density at radius 1 is 1.07 bits per heavy atom. The maximum Gasteiger partial charge on any atom is 0.0175 e. The Bertz CT molecular complexity index is 314. The lowest BCUT2D eigenvalue weighted by atomic mass is 9.82. The normalized spacial score (nSPS) is 18.5. The lowest BCUT2D eigenvalue weighted by Crippen LogP contribution is -2.05. The molecule has 1 fully saturated rings. The molecule has 1 heteroatoms. The van der Waals surface area contributed by atoms with Gasteiger partial charge < -0.3 is 0 Å². The zero-order valence-corrected chi connectivity index (χ0v) is 9.89. The van der Waals surface area contributed by atoms with E-state index < -0.39 is 0 Å². The van der Waals surface area contributed by atoms with Crippen molar-refractivity contribution in [2.45, 2.75) is 31.6 Å². The van der Waals surface area contributed by atoms with Crippen molar-refractivity contribution in [1.82, 2.24) is 0 Å². The van der Waals surface area contributed by atoms with E-state index in [0.717, 1.165) is 5.92 Å². The van der Waals surface area contributed by atoms with Crippen LogP contribution in [0.4, 0.5) is 0 Å². The molecule has 0 aliphatic heterocycles. The molecule has 0 radical (unpaired) electrons. The maximum absolute atomic E-state index is 4.05. The highest BCUT2D eigenvalue weighted by molar-refractivity contribution is 9.10. The molecule has 0 spiro atoms. The van der Waals surface area contributed by atoms with E-state index in [1.54, 1.807) is 0 Å². The third kappa shape index (κ3) is 2.27. The molecule has 0 aromatic heterocycles. The number of hydrogen-bond acceptors (Lipinski definition) is 0. The summed E-state index contributed by atoms with van der Waals surface area (Å²) in [6.07, 6.45) is 4.97. The van der Waals surface area contributed by atoms with Gasteiger partial charge in [0.05, 0.1) is 0 Å². The van der Waals surface area contributed by atoms with Crippen LogP contribution in [-0.2, 0) is 0 Å². The molecule has 2 rings (SSSR count). The van der Waals surface area contributed by atoms with Gasteiger partial charge in [0.2, 0.25) is 0 Å². The van der Waals surface area contributed by atoms with Crippen LogP contribution < -0.4 is 0 Å². The van der Waals surface area contributed by atoms with Crippen LogP contribution in [0.25, 0.3) is 0 Å². The highest BCUT2D eigenvalue weighted by atomic mass is 79.9. The van der Waals surface area contributed by atoms with Crippen molar-refractivity contribution in [2.24, 2.45) is 0 Å². The van der Waals surface area contributed by atoms with Crippen molar-refractivity contribution in [3.63, 3.8) is 0 Å². The third-order valence-corrected chi connectivity index (χ3v) is 3.56. The average Bonchev–Trinajstić information content (AvgIpc) is 2.21. The standard InChI is InChI=1S/C13H15Br/c1-10-2-4-11(5-3-10)12-6-8-13(14)9-7-12/h6-9,11H,1-5H2. The molecule has 14 heavy (non-hydrogen) atoms. The highest BCUT2D eigenvalue weighted by Gasteiger charge is 2.16. The van der Waals surface area contributed by atoms with Crippen LogP contribution in [0, 0.1) is 0 Å². The third-order valence-electron chi connectivity index (χ3n) is 3.03. The molecule has 0 heterocycles. The average molecular weight is 251 g/mol. The van der Waals surface area contributed by atoms with Gasteiger partial charge in [0.25, 0.3) is 0 Å². The van der Waals surface area contributed by atoms with E-state index in [2.05, 4.69) is 46.8 Å². The van der Waals surface area contributed by atoms with Crippen molar-refractivity contribution in [3.8, 4) is 0 Å². The van der Waals surface area contributed by atoms with E-state index in [9.17, 15) is 0 Å². The first-order chi connectivity index (χ1) is 6.75. The first-order valence-electron chi connectivity index (χ1n) is 5.18. The minimum atomic E-state index is 0.758. The molecule has 74 valence electrons. The number of allylic oxidation sites excluding steroid dienone is 1. The second-order valence-electron chi connectivity index (χ2n) is 4.08.